The van der Waals surface area contributed by atoms with Crippen molar-refractivity contribution in [3.63, 3.8) is 0 Å². The lowest BCUT2D eigenvalue weighted by Gasteiger charge is -2.31. The first kappa shape index (κ1) is 17.6. The molecule has 3 rings (SSSR count). The summed E-state index contributed by atoms with van der Waals surface area (Å²) in [6.07, 6.45) is 0.258. The predicted octanol–water partition coefficient (Wildman–Crippen LogP) is 3.61. The highest BCUT2D eigenvalue weighted by Gasteiger charge is 2.16. The third kappa shape index (κ3) is 4.65. The highest BCUT2D eigenvalue weighted by molar-refractivity contribution is 6.04. The number of hydrogen-bond acceptors (Lipinski definition) is 3. The van der Waals surface area contributed by atoms with E-state index in [2.05, 4.69) is 17.1 Å². The number of amides is 1. The Morgan fingerprint density at radius 3 is 2.76 bits per heavy atom. The molecule has 1 fully saturated rings. The van der Waals surface area contributed by atoms with Gasteiger partial charge in [0, 0.05) is 30.9 Å². The van der Waals surface area contributed by atoms with Crippen molar-refractivity contribution in [1.29, 1.82) is 0 Å². The van der Waals surface area contributed by atoms with Crippen molar-refractivity contribution < 1.29 is 13.9 Å². The SMILES string of the molecule is Cc1ccc(F)cc1NC(=O)c1ccc(CN2CCO[C@H](C)C2)cc1. The van der Waals surface area contributed by atoms with Gasteiger partial charge in [-0.05, 0) is 49.2 Å². The van der Waals surface area contributed by atoms with Gasteiger partial charge in [-0.2, -0.15) is 0 Å². The summed E-state index contributed by atoms with van der Waals surface area (Å²) < 4.78 is 18.9. The number of hydrogen-bond donors (Lipinski definition) is 1. The molecule has 0 bridgehead atoms. The Morgan fingerprint density at radius 1 is 1.28 bits per heavy atom. The lowest BCUT2D eigenvalue weighted by Crippen LogP contribution is -2.40. The highest BCUT2D eigenvalue weighted by Crippen LogP contribution is 2.18. The molecule has 0 aromatic heterocycles. The van der Waals surface area contributed by atoms with E-state index in [1.54, 1.807) is 6.07 Å². The van der Waals surface area contributed by atoms with Crippen molar-refractivity contribution in [2.75, 3.05) is 25.0 Å². The molecule has 2 aromatic carbocycles. The Bertz CT molecular complexity index is 746. The van der Waals surface area contributed by atoms with E-state index in [9.17, 15) is 9.18 Å². The largest absolute Gasteiger partial charge is 0.376 e. The first-order valence-electron chi connectivity index (χ1n) is 8.51. The van der Waals surface area contributed by atoms with Gasteiger partial charge >= 0.3 is 0 Å². The minimum absolute atomic E-state index is 0.236. The molecular formula is C20H23FN2O2. The second-order valence-electron chi connectivity index (χ2n) is 6.53. The quantitative estimate of drug-likeness (QED) is 0.923. The van der Waals surface area contributed by atoms with Gasteiger partial charge in [0.2, 0.25) is 0 Å². The van der Waals surface area contributed by atoms with Crippen LogP contribution in [0.25, 0.3) is 0 Å². The molecule has 132 valence electrons. The number of carbonyl (C=O) groups is 1. The van der Waals surface area contributed by atoms with Crippen molar-refractivity contribution in [2.24, 2.45) is 0 Å². The molecule has 0 aliphatic carbocycles. The summed E-state index contributed by atoms with van der Waals surface area (Å²) >= 11 is 0. The standard InChI is InChI=1S/C20H23FN2O2/c1-14-3-8-18(21)11-19(14)22-20(24)17-6-4-16(5-7-17)13-23-9-10-25-15(2)12-23/h3-8,11,15H,9-10,12-13H2,1-2H3,(H,22,24)/t15-/m1/s1. The van der Waals surface area contributed by atoms with Gasteiger partial charge in [-0.15, -0.1) is 0 Å². The van der Waals surface area contributed by atoms with E-state index in [1.807, 2.05) is 31.2 Å². The smallest absolute Gasteiger partial charge is 0.255 e. The van der Waals surface area contributed by atoms with Crippen molar-refractivity contribution in [2.45, 2.75) is 26.5 Å². The number of nitrogens with one attached hydrogen (secondary N) is 1. The maximum atomic E-state index is 13.3. The maximum Gasteiger partial charge on any atom is 0.255 e. The van der Waals surface area contributed by atoms with Gasteiger partial charge in [0.25, 0.3) is 5.91 Å². The van der Waals surface area contributed by atoms with Crippen LogP contribution in [0.4, 0.5) is 10.1 Å². The number of halogens is 1. The minimum Gasteiger partial charge on any atom is -0.376 e. The summed E-state index contributed by atoms with van der Waals surface area (Å²) in [5, 5.41) is 2.77. The van der Waals surface area contributed by atoms with Gasteiger partial charge < -0.3 is 10.1 Å². The maximum absolute atomic E-state index is 13.3. The summed E-state index contributed by atoms with van der Waals surface area (Å²) in [4.78, 5) is 14.7. The molecule has 0 radical (unpaired) electrons. The second kappa shape index (κ2) is 7.76. The molecule has 25 heavy (non-hydrogen) atoms. The molecule has 1 N–H and O–H groups in total. The molecule has 4 nitrogen and oxygen atoms in total. The zero-order valence-corrected chi connectivity index (χ0v) is 14.6. The zero-order valence-electron chi connectivity index (χ0n) is 14.6. The van der Waals surface area contributed by atoms with Crippen LogP contribution in [-0.4, -0.2) is 36.6 Å². The van der Waals surface area contributed by atoms with Gasteiger partial charge in [0.15, 0.2) is 0 Å². The van der Waals surface area contributed by atoms with Crippen molar-refractivity contribution >= 4 is 11.6 Å². The van der Waals surface area contributed by atoms with Crippen LogP contribution in [0.3, 0.4) is 0 Å². The van der Waals surface area contributed by atoms with Gasteiger partial charge in [0.1, 0.15) is 5.82 Å². The number of rotatable bonds is 4. The summed E-state index contributed by atoms with van der Waals surface area (Å²) in [7, 11) is 0. The van der Waals surface area contributed by atoms with Gasteiger partial charge in [0.05, 0.1) is 12.7 Å². The molecule has 0 saturated carbocycles. The van der Waals surface area contributed by atoms with E-state index >= 15 is 0 Å². The lowest BCUT2D eigenvalue weighted by atomic mass is 10.1. The highest BCUT2D eigenvalue weighted by atomic mass is 19.1. The Morgan fingerprint density at radius 2 is 2.04 bits per heavy atom. The van der Waals surface area contributed by atoms with Crippen LogP contribution in [0.1, 0.15) is 28.4 Å². The lowest BCUT2D eigenvalue weighted by molar-refractivity contribution is -0.0212. The summed E-state index contributed by atoms with van der Waals surface area (Å²) in [5.74, 6) is -0.601. The number of anilines is 1. The molecular weight excluding hydrogens is 319 g/mol. The Labute approximate surface area is 147 Å². The van der Waals surface area contributed by atoms with E-state index in [0.29, 0.717) is 11.3 Å². The van der Waals surface area contributed by atoms with Gasteiger partial charge in [-0.1, -0.05) is 18.2 Å². The van der Waals surface area contributed by atoms with Gasteiger partial charge in [-0.3, -0.25) is 9.69 Å². The van der Waals surface area contributed by atoms with Crippen LogP contribution < -0.4 is 5.32 Å². The van der Waals surface area contributed by atoms with E-state index < -0.39 is 0 Å². The average molecular weight is 342 g/mol. The molecule has 1 amide bonds. The topological polar surface area (TPSA) is 41.6 Å². The van der Waals surface area contributed by atoms with Crippen molar-refractivity contribution in [3.8, 4) is 0 Å². The third-order valence-corrected chi connectivity index (χ3v) is 4.40. The van der Waals surface area contributed by atoms with Crippen LogP contribution in [0.2, 0.25) is 0 Å². The Kier molecular flexibility index (Phi) is 5.46. The number of ether oxygens (including phenoxy) is 1. The number of carbonyl (C=O) groups excluding carboxylic acids is 1. The number of aryl methyl sites for hydroxylation is 1. The Hall–Kier alpha value is -2.24. The minimum atomic E-state index is -0.365. The monoisotopic (exact) mass is 342 g/mol. The summed E-state index contributed by atoms with van der Waals surface area (Å²) in [6.45, 7) is 7.36. The molecule has 0 spiro atoms. The van der Waals surface area contributed by atoms with E-state index in [0.717, 1.165) is 37.4 Å². The summed E-state index contributed by atoms with van der Waals surface area (Å²) in [5.41, 5.74) is 3.04. The van der Waals surface area contributed by atoms with Crippen LogP contribution in [0.5, 0.6) is 0 Å². The first-order valence-corrected chi connectivity index (χ1v) is 8.51. The summed E-state index contributed by atoms with van der Waals surface area (Å²) in [6, 6.07) is 11.9. The molecule has 2 aromatic rings. The van der Waals surface area contributed by atoms with Crippen LogP contribution in [0, 0.1) is 12.7 Å². The van der Waals surface area contributed by atoms with Crippen LogP contribution in [0.15, 0.2) is 42.5 Å². The number of nitrogens with zero attached hydrogens (tertiary/aromatic N) is 1. The fourth-order valence-corrected chi connectivity index (χ4v) is 2.98. The molecule has 1 atom stereocenters. The third-order valence-electron chi connectivity index (χ3n) is 4.40. The molecule has 5 heteroatoms. The van der Waals surface area contributed by atoms with Crippen molar-refractivity contribution in [3.05, 3.63) is 65.0 Å². The zero-order chi connectivity index (χ0) is 17.8. The van der Waals surface area contributed by atoms with Crippen molar-refractivity contribution in [1.82, 2.24) is 4.90 Å². The van der Waals surface area contributed by atoms with E-state index in [4.69, 9.17) is 4.74 Å². The Balaban J connectivity index is 1.63. The van der Waals surface area contributed by atoms with Crippen LogP contribution >= 0.6 is 0 Å². The molecule has 1 aliphatic heterocycles. The number of benzene rings is 2. The second-order valence-corrected chi connectivity index (χ2v) is 6.53. The molecule has 1 saturated heterocycles. The van der Waals surface area contributed by atoms with E-state index in [-0.39, 0.29) is 17.8 Å². The number of morpholine rings is 1. The normalized spacial score (nSPS) is 18.1. The predicted molar refractivity (Wildman–Crippen MR) is 96.2 cm³/mol. The fourth-order valence-electron chi connectivity index (χ4n) is 2.98. The molecule has 1 heterocycles. The van der Waals surface area contributed by atoms with Crippen LogP contribution in [-0.2, 0) is 11.3 Å². The first-order chi connectivity index (χ1) is 12.0. The fraction of sp³-hybridized carbons (Fsp3) is 0.350. The van der Waals surface area contributed by atoms with Gasteiger partial charge in [-0.25, -0.2) is 4.39 Å². The molecule has 0 unspecified atom stereocenters. The molecule has 1 aliphatic rings. The van der Waals surface area contributed by atoms with E-state index in [1.165, 1.54) is 12.1 Å². The average Bonchev–Trinajstić information content (AvgIpc) is 2.59.